The maximum atomic E-state index is 12.2. The van der Waals surface area contributed by atoms with Gasteiger partial charge in [0.25, 0.3) is 0 Å². The van der Waals surface area contributed by atoms with Gasteiger partial charge in [-0.3, -0.25) is 9.59 Å². The lowest BCUT2D eigenvalue weighted by molar-refractivity contribution is -0.140. The predicted octanol–water partition coefficient (Wildman–Crippen LogP) is 1.46. The van der Waals surface area contributed by atoms with E-state index in [0.29, 0.717) is 19.5 Å². The van der Waals surface area contributed by atoms with Crippen molar-refractivity contribution >= 4 is 11.9 Å². The zero-order chi connectivity index (χ0) is 14.1. The summed E-state index contributed by atoms with van der Waals surface area (Å²) >= 11 is 0. The summed E-state index contributed by atoms with van der Waals surface area (Å²) in [5, 5.41) is 8.61. The van der Waals surface area contributed by atoms with Gasteiger partial charge in [-0.05, 0) is 39.7 Å². The fourth-order valence-electron chi connectivity index (χ4n) is 1.85. The molecule has 0 bridgehead atoms. The van der Waals surface area contributed by atoms with Crippen LogP contribution in [0.5, 0.6) is 0 Å². The fourth-order valence-corrected chi connectivity index (χ4v) is 1.85. The summed E-state index contributed by atoms with van der Waals surface area (Å²) in [6, 6.07) is 0.103. The van der Waals surface area contributed by atoms with Crippen LogP contribution < -0.4 is 5.73 Å². The van der Waals surface area contributed by atoms with Gasteiger partial charge in [-0.2, -0.15) is 0 Å². The molecular weight excluding hydrogens is 232 g/mol. The molecule has 106 valence electrons. The number of carboxylic acids is 1. The Labute approximate surface area is 109 Å². The van der Waals surface area contributed by atoms with Gasteiger partial charge in [0.1, 0.15) is 0 Å². The monoisotopic (exact) mass is 258 g/mol. The number of aliphatic carboxylic acids is 1. The molecule has 1 atom stereocenters. The summed E-state index contributed by atoms with van der Waals surface area (Å²) in [4.78, 5) is 24.5. The van der Waals surface area contributed by atoms with E-state index in [2.05, 4.69) is 0 Å². The minimum absolute atomic E-state index is 0.0409. The first-order valence-corrected chi connectivity index (χ1v) is 6.62. The van der Waals surface area contributed by atoms with Crippen LogP contribution in [-0.2, 0) is 9.59 Å². The SMILES string of the molecule is CC(CCCN)C(=O)N(CCCC(=O)O)C(C)C. The number of nitrogens with zero attached hydrogens (tertiary/aromatic N) is 1. The van der Waals surface area contributed by atoms with Crippen LogP contribution in [0.4, 0.5) is 0 Å². The molecule has 0 aromatic heterocycles. The summed E-state index contributed by atoms with van der Waals surface area (Å²) in [7, 11) is 0. The Balaban J connectivity index is 4.30. The lowest BCUT2D eigenvalue weighted by atomic mass is 10.0. The zero-order valence-electron chi connectivity index (χ0n) is 11.7. The summed E-state index contributed by atoms with van der Waals surface area (Å²) in [6.07, 6.45) is 2.24. The quantitative estimate of drug-likeness (QED) is 0.656. The smallest absolute Gasteiger partial charge is 0.303 e. The fraction of sp³-hybridized carbons (Fsp3) is 0.846. The Morgan fingerprint density at radius 1 is 1.22 bits per heavy atom. The summed E-state index contributed by atoms with van der Waals surface area (Å²) in [5.74, 6) is -0.757. The van der Waals surface area contributed by atoms with Crippen LogP contribution >= 0.6 is 0 Å². The van der Waals surface area contributed by atoms with Crippen LogP contribution in [0, 0.1) is 5.92 Å². The first kappa shape index (κ1) is 16.9. The second kappa shape index (κ2) is 8.91. The second-order valence-corrected chi connectivity index (χ2v) is 4.95. The van der Waals surface area contributed by atoms with Crippen LogP contribution in [0.25, 0.3) is 0 Å². The van der Waals surface area contributed by atoms with Crippen molar-refractivity contribution in [3.05, 3.63) is 0 Å². The molecule has 18 heavy (non-hydrogen) atoms. The highest BCUT2D eigenvalue weighted by Crippen LogP contribution is 2.13. The average Bonchev–Trinajstić information content (AvgIpc) is 2.30. The van der Waals surface area contributed by atoms with Crippen molar-refractivity contribution < 1.29 is 14.7 Å². The van der Waals surface area contributed by atoms with E-state index in [4.69, 9.17) is 10.8 Å². The molecule has 0 saturated heterocycles. The molecule has 5 nitrogen and oxygen atoms in total. The molecule has 0 rings (SSSR count). The molecule has 0 fully saturated rings. The number of rotatable bonds is 9. The highest BCUT2D eigenvalue weighted by atomic mass is 16.4. The first-order chi connectivity index (χ1) is 8.40. The van der Waals surface area contributed by atoms with Gasteiger partial charge >= 0.3 is 5.97 Å². The average molecular weight is 258 g/mol. The van der Waals surface area contributed by atoms with Gasteiger partial charge in [0.2, 0.25) is 5.91 Å². The Morgan fingerprint density at radius 2 is 1.83 bits per heavy atom. The van der Waals surface area contributed by atoms with Crippen molar-refractivity contribution in [2.45, 2.75) is 52.5 Å². The van der Waals surface area contributed by atoms with Gasteiger partial charge in [0, 0.05) is 24.9 Å². The Kier molecular flexibility index (Phi) is 8.37. The van der Waals surface area contributed by atoms with E-state index in [0.717, 1.165) is 12.8 Å². The van der Waals surface area contributed by atoms with E-state index in [-0.39, 0.29) is 24.3 Å². The third-order valence-corrected chi connectivity index (χ3v) is 2.96. The van der Waals surface area contributed by atoms with Crippen LogP contribution in [0.3, 0.4) is 0 Å². The standard InChI is InChI=1S/C13H26N2O3/c1-10(2)15(9-5-7-12(16)17)13(18)11(3)6-4-8-14/h10-11H,4-9,14H2,1-3H3,(H,16,17). The predicted molar refractivity (Wildman–Crippen MR) is 71.2 cm³/mol. The van der Waals surface area contributed by atoms with Gasteiger partial charge in [-0.25, -0.2) is 0 Å². The Morgan fingerprint density at radius 3 is 2.28 bits per heavy atom. The lowest BCUT2D eigenvalue weighted by Crippen LogP contribution is -2.41. The third-order valence-electron chi connectivity index (χ3n) is 2.96. The highest BCUT2D eigenvalue weighted by molar-refractivity contribution is 5.78. The zero-order valence-corrected chi connectivity index (χ0v) is 11.7. The molecule has 0 aliphatic carbocycles. The van der Waals surface area contributed by atoms with E-state index < -0.39 is 5.97 Å². The number of hydrogen-bond donors (Lipinski definition) is 2. The van der Waals surface area contributed by atoms with Crippen LogP contribution in [0.1, 0.15) is 46.5 Å². The molecule has 0 aromatic carbocycles. The molecule has 5 heteroatoms. The second-order valence-electron chi connectivity index (χ2n) is 4.95. The maximum Gasteiger partial charge on any atom is 0.303 e. The molecule has 0 spiro atoms. The van der Waals surface area contributed by atoms with Crippen molar-refractivity contribution in [3.63, 3.8) is 0 Å². The number of carbonyl (C=O) groups is 2. The molecule has 0 saturated carbocycles. The van der Waals surface area contributed by atoms with E-state index in [9.17, 15) is 9.59 Å². The summed E-state index contributed by atoms with van der Waals surface area (Å²) in [6.45, 7) is 6.92. The molecule has 1 unspecified atom stereocenters. The third kappa shape index (κ3) is 6.59. The van der Waals surface area contributed by atoms with Gasteiger partial charge < -0.3 is 15.7 Å². The molecule has 3 N–H and O–H groups in total. The minimum atomic E-state index is -0.817. The van der Waals surface area contributed by atoms with Gasteiger partial charge in [-0.15, -0.1) is 0 Å². The Bertz CT molecular complexity index is 267. The first-order valence-electron chi connectivity index (χ1n) is 6.62. The van der Waals surface area contributed by atoms with Gasteiger partial charge in [0.15, 0.2) is 0 Å². The van der Waals surface area contributed by atoms with Crippen LogP contribution in [0.15, 0.2) is 0 Å². The molecular formula is C13H26N2O3. The molecule has 1 amide bonds. The summed E-state index contributed by atoms with van der Waals surface area (Å²) < 4.78 is 0. The van der Waals surface area contributed by atoms with Crippen molar-refractivity contribution in [3.8, 4) is 0 Å². The molecule has 0 radical (unpaired) electrons. The van der Waals surface area contributed by atoms with Gasteiger partial charge in [0.05, 0.1) is 0 Å². The number of carboxylic acid groups (broad SMARTS) is 1. The molecule has 0 aliphatic heterocycles. The number of carbonyl (C=O) groups excluding carboxylic acids is 1. The normalized spacial score (nSPS) is 12.5. The van der Waals surface area contributed by atoms with Crippen molar-refractivity contribution in [2.24, 2.45) is 11.7 Å². The van der Waals surface area contributed by atoms with Crippen LogP contribution in [0.2, 0.25) is 0 Å². The van der Waals surface area contributed by atoms with E-state index in [1.54, 1.807) is 4.90 Å². The van der Waals surface area contributed by atoms with E-state index in [1.165, 1.54) is 0 Å². The van der Waals surface area contributed by atoms with Crippen molar-refractivity contribution in [2.75, 3.05) is 13.1 Å². The minimum Gasteiger partial charge on any atom is -0.481 e. The Hall–Kier alpha value is -1.10. The number of nitrogens with two attached hydrogens (primary N) is 1. The lowest BCUT2D eigenvalue weighted by Gasteiger charge is -2.29. The van der Waals surface area contributed by atoms with E-state index in [1.807, 2.05) is 20.8 Å². The molecule has 0 aromatic rings. The summed E-state index contributed by atoms with van der Waals surface area (Å²) in [5.41, 5.74) is 5.44. The molecule has 0 aliphatic rings. The largest absolute Gasteiger partial charge is 0.481 e. The topological polar surface area (TPSA) is 83.6 Å². The van der Waals surface area contributed by atoms with Gasteiger partial charge in [-0.1, -0.05) is 6.92 Å². The van der Waals surface area contributed by atoms with Crippen molar-refractivity contribution in [1.82, 2.24) is 4.90 Å². The number of amides is 1. The van der Waals surface area contributed by atoms with Crippen LogP contribution in [-0.4, -0.2) is 41.0 Å². The number of hydrogen-bond acceptors (Lipinski definition) is 3. The van der Waals surface area contributed by atoms with E-state index >= 15 is 0 Å². The maximum absolute atomic E-state index is 12.2. The highest BCUT2D eigenvalue weighted by Gasteiger charge is 2.22. The van der Waals surface area contributed by atoms with Crippen molar-refractivity contribution in [1.29, 1.82) is 0 Å². The molecule has 0 heterocycles.